The summed E-state index contributed by atoms with van der Waals surface area (Å²) >= 11 is 0. The molecule has 0 aromatic carbocycles. The average molecular weight is 263 g/mol. The zero-order valence-electron chi connectivity index (χ0n) is 12.2. The lowest BCUT2D eigenvalue weighted by atomic mass is 9.97. The van der Waals surface area contributed by atoms with Gasteiger partial charge in [0.15, 0.2) is 0 Å². The summed E-state index contributed by atoms with van der Waals surface area (Å²) in [6.07, 6.45) is 3.87. The van der Waals surface area contributed by atoms with Crippen LogP contribution in [0.5, 0.6) is 0 Å². The molecular formula is C15H25N3O. The van der Waals surface area contributed by atoms with Crippen molar-refractivity contribution in [3.8, 4) is 0 Å². The maximum absolute atomic E-state index is 9.48. The number of nitrogens with zero attached hydrogens (tertiary/aromatic N) is 3. The third-order valence-corrected chi connectivity index (χ3v) is 4.01. The van der Waals surface area contributed by atoms with Crippen LogP contribution in [0.25, 0.3) is 0 Å². The molecule has 0 aliphatic carbocycles. The van der Waals surface area contributed by atoms with Gasteiger partial charge < -0.3 is 14.9 Å². The molecule has 0 radical (unpaired) electrons. The van der Waals surface area contributed by atoms with Crippen LogP contribution in [0.1, 0.15) is 31.4 Å². The Kier molecular flexibility index (Phi) is 4.77. The highest BCUT2D eigenvalue weighted by atomic mass is 16.3. The fourth-order valence-electron chi connectivity index (χ4n) is 2.60. The zero-order valence-corrected chi connectivity index (χ0v) is 12.2. The molecule has 1 N–H and O–H groups in total. The average Bonchev–Trinajstić information content (AvgIpc) is 2.41. The van der Waals surface area contributed by atoms with Gasteiger partial charge >= 0.3 is 0 Å². The minimum absolute atomic E-state index is 0.444. The van der Waals surface area contributed by atoms with Gasteiger partial charge in [-0.3, -0.25) is 0 Å². The molecule has 2 heterocycles. The lowest BCUT2D eigenvalue weighted by Crippen LogP contribution is -2.35. The van der Waals surface area contributed by atoms with E-state index in [2.05, 4.69) is 28.9 Å². The van der Waals surface area contributed by atoms with Gasteiger partial charge in [0.25, 0.3) is 0 Å². The molecule has 0 saturated carbocycles. The topological polar surface area (TPSA) is 39.6 Å². The van der Waals surface area contributed by atoms with Crippen molar-refractivity contribution in [1.29, 1.82) is 0 Å². The van der Waals surface area contributed by atoms with Gasteiger partial charge in [-0.2, -0.15) is 0 Å². The van der Waals surface area contributed by atoms with Crippen LogP contribution in [0.4, 0.5) is 5.82 Å². The summed E-state index contributed by atoms with van der Waals surface area (Å²) in [5.74, 6) is 1.75. The number of aliphatic hydroxyl groups excluding tert-OH is 1. The Balaban J connectivity index is 1.90. The van der Waals surface area contributed by atoms with Gasteiger partial charge in [-0.25, -0.2) is 4.98 Å². The first-order valence-corrected chi connectivity index (χ1v) is 7.10. The van der Waals surface area contributed by atoms with Crippen LogP contribution < -0.4 is 4.90 Å². The molecule has 1 atom stereocenters. The molecule has 0 amide bonds. The third kappa shape index (κ3) is 3.91. The van der Waals surface area contributed by atoms with Crippen LogP contribution in [-0.4, -0.2) is 48.7 Å². The third-order valence-electron chi connectivity index (χ3n) is 4.01. The number of hydrogen-bond donors (Lipinski definition) is 1. The van der Waals surface area contributed by atoms with Crippen molar-refractivity contribution >= 4 is 5.82 Å². The van der Waals surface area contributed by atoms with Crippen LogP contribution >= 0.6 is 0 Å². The quantitative estimate of drug-likeness (QED) is 0.901. The Bertz CT molecular complexity index is 383. The summed E-state index contributed by atoms with van der Waals surface area (Å²) in [5, 5.41) is 9.48. The smallest absolute Gasteiger partial charge is 0.128 e. The van der Waals surface area contributed by atoms with Gasteiger partial charge in [-0.1, -0.05) is 6.07 Å². The molecule has 2 rings (SSSR count). The van der Waals surface area contributed by atoms with Gasteiger partial charge in [0.1, 0.15) is 5.82 Å². The normalized spacial score (nSPS) is 19.4. The predicted octanol–water partition coefficient (Wildman–Crippen LogP) is 1.91. The fraction of sp³-hybridized carbons (Fsp3) is 0.667. The number of anilines is 1. The number of aliphatic hydroxyl groups is 1. The van der Waals surface area contributed by atoms with Crippen LogP contribution in [0.2, 0.25) is 0 Å². The molecular weight excluding hydrogens is 238 g/mol. The molecule has 4 heteroatoms. The first-order valence-electron chi connectivity index (χ1n) is 7.10. The SMILES string of the molecule is C[C@@H](O)c1ccc(N(C)CC2CCN(C)CC2)nc1. The van der Waals surface area contributed by atoms with Gasteiger partial charge in [0.05, 0.1) is 6.10 Å². The van der Waals surface area contributed by atoms with E-state index in [9.17, 15) is 5.11 Å². The minimum atomic E-state index is -0.444. The summed E-state index contributed by atoms with van der Waals surface area (Å²) in [6, 6.07) is 3.95. The maximum Gasteiger partial charge on any atom is 0.128 e. The Morgan fingerprint density at radius 2 is 2.11 bits per heavy atom. The second-order valence-electron chi connectivity index (χ2n) is 5.75. The fourth-order valence-corrected chi connectivity index (χ4v) is 2.60. The maximum atomic E-state index is 9.48. The number of hydrogen-bond acceptors (Lipinski definition) is 4. The lowest BCUT2D eigenvalue weighted by Gasteiger charge is -2.32. The van der Waals surface area contributed by atoms with Crippen LogP contribution in [0.3, 0.4) is 0 Å². The number of piperidine rings is 1. The van der Waals surface area contributed by atoms with E-state index in [0.29, 0.717) is 0 Å². The standard InChI is InChI=1S/C15H25N3O/c1-12(19)14-4-5-15(16-10-14)18(3)11-13-6-8-17(2)9-7-13/h4-5,10,12-13,19H,6-9,11H2,1-3H3/t12-/m1/s1. The number of aromatic nitrogens is 1. The molecule has 0 unspecified atom stereocenters. The van der Waals surface area contributed by atoms with E-state index in [-0.39, 0.29) is 0 Å². The Labute approximate surface area is 116 Å². The molecule has 1 aromatic rings. The van der Waals surface area contributed by atoms with Crippen molar-refractivity contribution in [3.63, 3.8) is 0 Å². The Morgan fingerprint density at radius 3 is 2.63 bits per heavy atom. The molecule has 0 spiro atoms. The summed E-state index contributed by atoms with van der Waals surface area (Å²) in [4.78, 5) is 9.05. The van der Waals surface area contributed by atoms with E-state index < -0.39 is 6.10 Å². The van der Waals surface area contributed by atoms with Crippen molar-refractivity contribution in [2.75, 3.05) is 38.6 Å². The largest absolute Gasteiger partial charge is 0.389 e. The van der Waals surface area contributed by atoms with Crippen molar-refractivity contribution in [3.05, 3.63) is 23.9 Å². The first-order chi connectivity index (χ1) is 9.06. The van der Waals surface area contributed by atoms with E-state index in [1.807, 2.05) is 12.1 Å². The molecule has 1 saturated heterocycles. The molecule has 0 bridgehead atoms. The first kappa shape index (κ1) is 14.3. The van der Waals surface area contributed by atoms with Crippen molar-refractivity contribution < 1.29 is 5.11 Å². The number of rotatable bonds is 4. The van der Waals surface area contributed by atoms with Crippen molar-refractivity contribution in [1.82, 2.24) is 9.88 Å². The summed E-state index contributed by atoms with van der Waals surface area (Å²) in [5.41, 5.74) is 0.872. The van der Waals surface area contributed by atoms with Crippen LogP contribution in [0, 0.1) is 5.92 Å². The second-order valence-corrected chi connectivity index (χ2v) is 5.75. The predicted molar refractivity (Wildman–Crippen MR) is 78.4 cm³/mol. The second kappa shape index (κ2) is 6.35. The van der Waals surface area contributed by atoms with E-state index in [1.165, 1.54) is 25.9 Å². The van der Waals surface area contributed by atoms with E-state index in [0.717, 1.165) is 23.8 Å². The summed E-state index contributed by atoms with van der Waals surface area (Å²) in [7, 11) is 4.29. The number of pyridine rings is 1. The van der Waals surface area contributed by atoms with Gasteiger partial charge in [-0.15, -0.1) is 0 Å². The van der Waals surface area contributed by atoms with E-state index in [1.54, 1.807) is 13.1 Å². The highest BCUT2D eigenvalue weighted by Crippen LogP contribution is 2.20. The number of likely N-dealkylation sites (tertiary alicyclic amines) is 1. The summed E-state index contributed by atoms with van der Waals surface area (Å²) in [6.45, 7) is 5.23. The summed E-state index contributed by atoms with van der Waals surface area (Å²) < 4.78 is 0. The van der Waals surface area contributed by atoms with Gasteiger partial charge in [-0.05, 0) is 57.5 Å². The molecule has 1 aliphatic heterocycles. The van der Waals surface area contributed by atoms with Crippen molar-refractivity contribution in [2.24, 2.45) is 5.92 Å². The van der Waals surface area contributed by atoms with Crippen molar-refractivity contribution in [2.45, 2.75) is 25.9 Å². The van der Waals surface area contributed by atoms with Crippen LogP contribution in [0.15, 0.2) is 18.3 Å². The molecule has 1 aliphatic rings. The van der Waals surface area contributed by atoms with Crippen LogP contribution in [-0.2, 0) is 0 Å². The highest BCUT2D eigenvalue weighted by Gasteiger charge is 2.18. The Morgan fingerprint density at radius 1 is 1.42 bits per heavy atom. The minimum Gasteiger partial charge on any atom is -0.389 e. The Hall–Kier alpha value is -1.13. The molecule has 4 nitrogen and oxygen atoms in total. The zero-order chi connectivity index (χ0) is 13.8. The van der Waals surface area contributed by atoms with Gasteiger partial charge in [0, 0.05) is 19.8 Å². The van der Waals surface area contributed by atoms with E-state index >= 15 is 0 Å². The lowest BCUT2D eigenvalue weighted by molar-refractivity contribution is 0.199. The molecule has 1 fully saturated rings. The molecule has 19 heavy (non-hydrogen) atoms. The highest BCUT2D eigenvalue weighted by molar-refractivity contribution is 5.38. The molecule has 106 valence electrons. The van der Waals surface area contributed by atoms with E-state index in [4.69, 9.17) is 0 Å². The van der Waals surface area contributed by atoms with Gasteiger partial charge in [0.2, 0.25) is 0 Å². The monoisotopic (exact) mass is 263 g/mol. The molecule has 1 aromatic heterocycles.